The topological polar surface area (TPSA) is 96.2 Å². The number of hydrogen-bond donors (Lipinski definition) is 0. The van der Waals surface area contributed by atoms with Crippen molar-refractivity contribution in [1.82, 2.24) is 18.5 Å². The van der Waals surface area contributed by atoms with Crippen molar-refractivity contribution in [3.8, 4) is 17.1 Å². The standard InChI is InChI=1S/C28H24N4O4S/c1-2-35-26(34)16-21-10-6-7-11-22(21)17-32-28(36-18-33)23(27(29-32)20-8-4-3-5-9-20)14-19-12-13-24-25(15-19)31-37-30-24/h3-13,15,18H,2,14,16-17H2,1H3. The smallest absolute Gasteiger partial charge is 0.310 e. The van der Waals surface area contributed by atoms with E-state index < -0.39 is 0 Å². The lowest BCUT2D eigenvalue weighted by molar-refractivity contribution is -0.142. The molecule has 186 valence electrons. The molecule has 0 bridgehead atoms. The predicted octanol–water partition coefficient (Wildman–Crippen LogP) is 4.83. The van der Waals surface area contributed by atoms with Crippen molar-refractivity contribution in [2.24, 2.45) is 0 Å². The van der Waals surface area contributed by atoms with Gasteiger partial charge >= 0.3 is 5.97 Å². The van der Waals surface area contributed by atoms with Gasteiger partial charge in [-0.2, -0.15) is 13.8 Å². The first-order valence-electron chi connectivity index (χ1n) is 11.8. The Labute approximate surface area is 217 Å². The van der Waals surface area contributed by atoms with Crippen molar-refractivity contribution in [2.45, 2.75) is 26.3 Å². The molecule has 0 aliphatic rings. The molecule has 0 N–H and O–H groups in total. The van der Waals surface area contributed by atoms with E-state index in [4.69, 9.17) is 14.6 Å². The third-order valence-electron chi connectivity index (χ3n) is 5.98. The van der Waals surface area contributed by atoms with Crippen LogP contribution in [-0.4, -0.2) is 37.6 Å². The lowest BCUT2D eigenvalue weighted by Crippen LogP contribution is -2.12. The molecule has 0 spiro atoms. The summed E-state index contributed by atoms with van der Waals surface area (Å²) in [6.45, 7) is 2.84. The van der Waals surface area contributed by atoms with Gasteiger partial charge in [0.05, 0.1) is 37.0 Å². The molecular weight excluding hydrogens is 488 g/mol. The SMILES string of the molecule is CCOC(=O)Cc1ccccc1Cn1nc(-c2ccccc2)c(Cc2ccc3nsnc3c2)c1OC=O. The van der Waals surface area contributed by atoms with E-state index in [2.05, 4.69) is 8.75 Å². The largest absolute Gasteiger partial charge is 0.466 e. The summed E-state index contributed by atoms with van der Waals surface area (Å²) in [5.41, 5.74) is 6.78. The third kappa shape index (κ3) is 5.41. The Morgan fingerprint density at radius 2 is 1.73 bits per heavy atom. The van der Waals surface area contributed by atoms with Crippen LogP contribution >= 0.6 is 11.7 Å². The molecule has 0 unspecified atom stereocenters. The molecule has 0 amide bonds. The fraction of sp³-hybridized carbons (Fsp3) is 0.179. The first kappa shape index (κ1) is 24.3. The highest BCUT2D eigenvalue weighted by Gasteiger charge is 2.22. The maximum Gasteiger partial charge on any atom is 0.310 e. The van der Waals surface area contributed by atoms with Crippen molar-refractivity contribution < 1.29 is 19.1 Å². The minimum absolute atomic E-state index is 0.148. The number of rotatable bonds is 10. The summed E-state index contributed by atoms with van der Waals surface area (Å²) in [5, 5.41) is 4.89. The van der Waals surface area contributed by atoms with Gasteiger partial charge < -0.3 is 9.47 Å². The van der Waals surface area contributed by atoms with Crippen molar-refractivity contribution in [3.05, 3.63) is 95.1 Å². The zero-order chi connectivity index (χ0) is 25.6. The number of carbonyl (C=O) groups is 2. The minimum Gasteiger partial charge on any atom is -0.466 e. The number of hydrogen-bond acceptors (Lipinski definition) is 8. The third-order valence-corrected chi connectivity index (χ3v) is 6.54. The van der Waals surface area contributed by atoms with E-state index in [1.54, 1.807) is 11.6 Å². The molecule has 3 aromatic carbocycles. The van der Waals surface area contributed by atoms with Gasteiger partial charge in [0.1, 0.15) is 11.0 Å². The molecule has 0 fully saturated rings. The number of aromatic nitrogens is 4. The summed E-state index contributed by atoms with van der Waals surface area (Å²) in [4.78, 5) is 23.8. The summed E-state index contributed by atoms with van der Waals surface area (Å²) in [7, 11) is 0. The van der Waals surface area contributed by atoms with Crippen LogP contribution in [0.1, 0.15) is 29.2 Å². The zero-order valence-electron chi connectivity index (χ0n) is 20.2. The van der Waals surface area contributed by atoms with Gasteiger partial charge in [-0.1, -0.05) is 60.7 Å². The van der Waals surface area contributed by atoms with E-state index in [1.807, 2.05) is 72.8 Å². The molecule has 0 radical (unpaired) electrons. The van der Waals surface area contributed by atoms with E-state index in [9.17, 15) is 9.59 Å². The van der Waals surface area contributed by atoms with Crippen LogP contribution in [0.3, 0.4) is 0 Å². The van der Waals surface area contributed by atoms with Crippen LogP contribution < -0.4 is 4.74 Å². The first-order chi connectivity index (χ1) is 18.2. The molecule has 2 aromatic heterocycles. The van der Waals surface area contributed by atoms with E-state index in [0.29, 0.717) is 31.9 Å². The van der Waals surface area contributed by atoms with Gasteiger partial charge in [0, 0.05) is 17.5 Å². The second-order valence-corrected chi connectivity index (χ2v) is 8.91. The van der Waals surface area contributed by atoms with Crippen LogP contribution in [-0.2, 0) is 33.7 Å². The number of fused-ring (bicyclic) bond motifs is 1. The van der Waals surface area contributed by atoms with E-state index in [-0.39, 0.29) is 12.4 Å². The van der Waals surface area contributed by atoms with Crippen molar-refractivity contribution in [3.63, 3.8) is 0 Å². The highest BCUT2D eigenvalue weighted by Crippen LogP contribution is 2.34. The van der Waals surface area contributed by atoms with Crippen LogP contribution in [0.2, 0.25) is 0 Å². The lowest BCUT2D eigenvalue weighted by atomic mass is 10.0. The van der Waals surface area contributed by atoms with E-state index in [0.717, 1.165) is 44.5 Å². The summed E-state index contributed by atoms with van der Waals surface area (Å²) in [6, 6.07) is 23.3. The molecule has 9 heteroatoms. The molecule has 0 atom stereocenters. The average Bonchev–Trinajstić information content (AvgIpc) is 3.51. The number of nitrogens with zero attached hydrogens (tertiary/aromatic N) is 4. The predicted molar refractivity (Wildman–Crippen MR) is 140 cm³/mol. The second kappa shape index (κ2) is 11.1. The van der Waals surface area contributed by atoms with Gasteiger partial charge in [0.25, 0.3) is 6.47 Å². The zero-order valence-corrected chi connectivity index (χ0v) is 21.0. The Balaban J connectivity index is 1.58. The maximum atomic E-state index is 12.2. The molecule has 37 heavy (non-hydrogen) atoms. The lowest BCUT2D eigenvalue weighted by Gasteiger charge is -2.11. The Morgan fingerprint density at radius 3 is 2.51 bits per heavy atom. The number of benzene rings is 3. The van der Waals surface area contributed by atoms with Gasteiger partial charge in [0.15, 0.2) is 0 Å². The highest BCUT2D eigenvalue weighted by atomic mass is 32.1. The molecule has 0 aliphatic heterocycles. The number of carbonyl (C=O) groups excluding carboxylic acids is 2. The number of esters is 1. The quantitative estimate of drug-likeness (QED) is 0.195. The van der Waals surface area contributed by atoms with Crippen LogP contribution in [0.15, 0.2) is 72.8 Å². The van der Waals surface area contributed by atoms with Crippen LogP contribution in [0.4, 0.5) is 0 Å². The van der Waals surface area contributed by atoms with Gasteiger partial charge in [-0.05, 0) is 35.7 Å². The maximum absolute atomic E-state index is 12.2. The van der Waals surface area contributed by atoms with Crippen LogP contribution in [0.5, 0.6) is 5.88 Å². The van der Waals surface area contributed by atoms with E-state index >= 15 is 0 Å². The van der Waals surface area contributed by atoms with Crippen molar-refractivity contribution in [1.29, 1.82) is 0 Å². The highest BCUT2D eigenvalue weighted by molar-refractivity contribution is 7.00. The molecule has 0 aliphatic carbocycles. The summed E-state index contributed by atoms with van der Waals surface area (Å²) >= 11 is 1.17. The van der Waals surface area contributed by atoms with Gasteiger partial charge in [-0.25, -0.2) is 4.68 Å². The summed E-state index contributed by atoms with van der Waals surface area (Å²) in [6.07, 6.45) is 0.626. The summed E-state index contributed by atoms with van der Waals surface area (Å²) in [5.74, 6) is 0.0636. The molecule has 5 aromatic rings. The van der Waals surface area contributed by atoms with Crippen molar-refractivity contribution in [2.75, 3.05) is 6.61 Å². The molecule has 2 heterocycles. The monoisotopic (exact) mass is 512 g/mol. The fourth-order valence-corrected chi connectivity index (χ4v) is 4.83. The Morgan fingerprint density at radius 1 is 0.973 bits per heavy atom. The average molecular weight is 513 g/mol. The molecular formula is C28H24N4O4S. The van der Waals surface area contributed by atoms with Gasteiger partial charge in [-0.15, -0.1) is 0 Å². The van der Waals surface area contributed by atoms with Gasteiger partial charge in [-0.3, -0.25) is 9.59 Å². The summed E-state index contributed by atoms with van der Waals surface area (Å²) < 4.78 is 21.0. The van der Waals surface area contributed by atoms with E-state index in [1.165, 1.54) is 11.7 Å². The first-order valence-corrected chi connectivity index (χ1v) is 12.6. The Hall–Kier alpha value is -4.37. The molecule has 8 nitrogen and oxygen atoms in total. The van der Waals surface area contributed by atoms with Crippen LogP contribution in [0, 0.1) is 0 Å². The van der Waals surface area contributed by atoms with Crippen molar-refractivity contribution >= 4 is 35.2 Å². The Bertz CT molecular complexity index is 1540. The normalized spacial score (nSPS) is 10.9. The number of ether oxygens (including phenoxy) is 2. The Kier molecular flexibility index (Phi) is 7.32. The van der Waals surface area contributed by atoms with Crippen LogP contribution in [0.25, 0.3) is 22.3 Å². The minimum atomic E-state index is -0.294. The molecule has 0 saturated carbocycles. The molecule has 5 rings (SSSR count). The molecule has 0 saturated heterocycles. The second-order valence-electron chi connectivity index (χ2n) is 8.38. The fourth-order valence-electron chi connectivity index (χ4n) is 4.31. The van der Waals surface area contributed by atoms with Gasteiger partial charge in [0.2, 0.25) is 5.88 Å².